The minimum Gasteiger partial charge on any atom is -0.352 e. The summed E-state index contributed by atoms with van der Waals surface area (Å²) in [5.41, 5.74) is 4.52. The Morgan fingerprint density at radius 3 is 2.21 bits per heavy atom. The van der Waals surface area contributed by atoms with E-state index in [1.165, 1.54) is 5.56 Å². The number of nitrogens with one attached hydrogen (secondary N) is 1. The standard InChI is InChI=1S/C24H32N2O2/c1-17(2)25-24(28)20(5)26(16-22-9-7-6-8-19(22)4)23(27)15-14-21-12-10-18(3)11-13-21/h6-13,17,20H,14-16H2,1-5H3,(H,25,28). The van der Waals surface area contributed by atoms with E-state index in [1.54, 1.807) is 11.8 Å². The number of aryl methyl sites for hydroxylation is 3. The Hall–Kier alpha value is -2.62. The van der Waals surface area contributed by atoms with Crippen LogP contribution in [0.25, 0.3) is 0 Å². The SMILES string of the molecule is Cc1ccc(CCC(=O)N(Cc2ccccc2C)C(C)C(=O)NC(C)C)cc1. The Balaban J connectivity index is 2.15. The average Bonchev–Trinajstić information content (AvgIpc) is 2.65. The Labute approximate surface area is 169 Å². The van der Waals surface area contributed by atoms with Gasteiger partial charge in [0.2, 0.25) is 11.8 Å². The highest BCUT2D eigenvalue weighted by Crippen LogP contribution is 2.16. The number of nitrogens with zero attached hydrogens (tertiary/aromatic N) is 1. The third kappa shape index (κ3) is 6.22. The third-order valence-corrected chi connectivity index (χ3v) is 4.95. The van der Waals surface area contributed by atoms with Gasteiger partial charge >= 0.3 is 0 Å². The maximum Gasteiger partial charge on any atom is 0.242 e. The predicted octanol–water partition coefficient (Wildman–Crippen LogP) is 4.18. The van der Waals surface area contributed by atoms with E-state index >= 15 is 0 Å². The normalized spacial score (nSPS) is 11.9. The minimum atomic E-state index is -0.521. The highest BCUT2D eigenvalue weighted by atomic mass is 16.2. The lowest BCUT2D eigenvalue weighted by atomic mass is 10.0. The zero-order valence-corrected chi connectivity index (χ0v) is 17.7. The summed E-state index contributed by atoms with van der Waals surface area (Å²) in [5.74, 6) is -0.123. The van der Waals surface area contributed by atoms with E-state index in [0.29, 0.717) is 19.4 Å². The largest absolute Gasteiger partial charge is 0.352 e. The predicted molar refractivity (Wildman–Crippen MR) is 114 cm³/mol. The molecule has 2 aromatic rings. The lowest BCUT2D eigenvalue weighted by Gasteiger charge is -2.30. The van der Waals surface area contributed by atoms with Gasteiger partial charge in [-0.25, -0.2) is 0 Å². The van der Waals surface area contributed by atoms with E-state index in [-0.39, 0.29) is 17.9 Å². The summed E-state index contributed by atoms with van der Waals surface area (Å²) in [5, 5.41) is 2.93. The topological polar surface area (TPSA) is 49.4 Å². The molecule has 1 unspecified atom stereocenters. The number of carbonyl (C=O) groups is 2. The molecule has 0 bridgehead atoms. The molecule has 0 saturated carbocycles. The molecule has 150 valence electrons. The Kier molecular flexibility index (Phi) is 7.80. The molecule has 0 aliphatic rings. The van der Waals surface area contributed by atoms with E-state index < -0.39 is 6.04 Å². The monoisotopic (exact) mass is 380 g/mol. The number of rotatable bonds is 8. The van der Waals surface area contributed by atoms with Crippen molar-refractivity contribution in [3.63, 3.8) is 0 Å². The fourth-order valence-electron chi connectivity index (χ4n) is 3.11. The van der Waals surface area contributed by atoms with Crippen LogP contribution >= 0.6 is 0 Å². The first-order valence-electron chi connectivity index (χ1n) is 9.98. The molecule has 0 spiro atoms. The number of amides is 2. The highest BCUT2D eigenvalue weighted by molar-refractivity contribution is 5.87. The molecule has 2 aromatic carbocycles. The molecule has 0 aliphatic heterocycles. The zero-order chi connectivity index (χ0) is 20.7. The van der Waals surface area contributed by atoms with Crippen molar-refractivity contribution in [1.82, 2.24) is 10.2 Å². The third-order valence-electron chi connectivity index (χ3n) is 4.95. The van der Waals surface area contributed by atoms with Gasteiger partial charge in [-0.1, -0.05) is 54.1 Å². The van der Waals surface area contributed by atoms with Gasteiger partial charge in [-0.2, -0.15) is 0 Å². The molecule has 0 radical (unpaired) electrons. The van der Waals surface area contributed by atoms with Crippen LogP contribution in [0, 0.1) is 13.8 Å². The zero-order valence-electron chi connectivity index (χ0n) is 17.7. The molecule has 4 nitrogen and oxygen atoms in total. The van der Waals surface area contributed by atoms with Crippen LogP contribution in [0.4, 0.5) is 0 Å². The van der Waals surface area contributed by atoms with Gasteiger partial charge in [0.1, 0.15) is 6.04 Å². The van der Waals surface area contributed by atoms with Gasteiger partial charge in [-0.15, -0.1) is 0 Å². The summed E-state index contributed by atoms with van der Waals surface area (Å²) in [6.07, 6.45) is 1.05. The number of carbonyl (C=O) groups excluding carboxylic acids is 2. The highest BCUT2D eigenvalue weighted by Gasteiger charge is 2.26. The number of hydrogen-bond acceptors (Lipinski definition) is 2. The fraction of sp³-hybridized carbons (Fsp3) is 0.417. The van der Waals surface area contributed by atoms with Crippen molar-refractivity contribution in [3.8, 4) is 0 Å². The lowest BCUT2D eigenvalue weighted by Crippen LogP contribution is -2.49. The Morgan fingerprint density at radius 1 is 0.964 bits per heavy atom. The summed E-state index contributed by atoms with van der Waals surface area (Å²) < 4.78 is 0. The van der Waals surface area contributed by atoms with Gasteiger partial charge < -0.3 is 10.2 Å². The molecule has 1 atom stereocenters. The molecule has 4 heteroatoms. The van der Waals surface area contributed by atoms with Gasteiger partial charge in [-0.3, -0.25) is 9.59 Å². The second-order valence-corrected chi connectivity index (χ2v) is 7.77. The maximum atomic E-state index is 13.1. The second kappa shape index (κ2) is 10.1. The quantitative estimate of drug-likeness (QED) is 0.747. The fourth-order valence-corrected chi connectivity index (χ4v) is 3.11. The van der Waals surface area contributed by atoms with Crippen LogP contribution in [0.5, 0.6) is 0 Å². The Bertz CT molecular complexity index is 797. The van der Waals surface area contributed by atoms with E-state index in [0.717, 1.165) is 16.7 Å². The van der Waals surface area contributed by atoms with Crippen LogP contribution in [-0.2, 0) is 22.6 Å². The van der Waals surface area contributed by atoms with Gasteiger partial charge in [-0.05, 0) is 57.7 Å². The summed E-state index contributed by atoms with van der Waals surface area (Å²) in [4.78, 5) is 27.4. The molecule has 1 N–H and O–H groups in total. The molecule has 2 amide bonds. The molecule has 0 aromatic heterocycles. The van der Waals surface area contributed by atoms with Crippen molar-refractivity contribution in [2.75, 3.05) is 0 Å². The van der Waals surface area contributed by atoms with Crippen molar-refractivity contribution < 1.29 is 9.59 Å². The van der Waals surface area contributed by atoms with E-state index in [4.69, 9.17) is 0 Å². The van der Waals surface area contributed by atoms with Gasteiger partial charge in [0.15, 0.2) is 0 Å². The van der Waals surface area contributed by atoms with Crippen LogP contribution in [-0.4, -0.2) is 28.8 Å². The molecule has 0 saturated heterocycles. The first kappa shape index (κ1) is 21.7. The molecular formula is C24H32N2O2. The van der Waals surface area contributed by atoms with E-state index in [1.807, 2.05) is 52.0 Å². The van der Waals surface area contributed by atoms with Crippen LogP contribution in [0.2, 0.25) is 0 Å². The minimum absolute atomic E-state index is 0.00441. The molecule has 0 fully saturated rings. The smallest absolute Gasteiger partial charge is 0.242 e. The van der Waals surface area contributed by atoms with Crippen LogP contribution in [0.15, 0.2) is 48.5 Å². The number of hydrogen-bond donors (Lipinski definition) is 1. The van der Waals surface area contributed by atoms with E-state index in [2.05, 4.69) is 29.6 Å². The average molecular weight is 381 g/mol. The summed E-state index contributed by atoms with van der Waals surface area (Å²) >= 11 is 0. The van der Waals surface area contributed by atoms with Gasteiger partial charge in [0.25, 0.3) is 0 Å². The summed E-state index contributed by atoms with van der Waals surface area (Å²) in [6.45, 7) is 10.2. The summed E-state index contributed by atoms with van der Waals surface area (Å²) in [6, 6.07) is 15.8. The molecule has 2 rings (SSSR count). The van der Waals surface area contributed by atoms with Crippen LogP contribution < -0.4 is 5.32 Å². The molecule has 0 heterocycles. The van der Waals surface area contributed by atoms with Gasteiger partial charge in [0, 0.05) is 19.0 Å². The van der Waals surface area contributed by atoms with Crippen LogP contribution in [0.3, 0.4) is 0 Å². The van der Waals surface area contributed by atoms with Crippen molar-refractivity contribution in [2.45, 2.75) is 66.1 Å². The Morgan fingerprint density at radius 2 is 1.61 bits per heavy atom. The second-order valence-electron chi connectivity index (χ2n) is 7.77. The van der Waals surface area contributed by atoms with Crippen molar-refractivity contribution >= 4 is 11.8 Å². The van der Waals surface area contributed by atoms with Crippen molar-refractivity contribution in [1.29, 1.82) is 0 Å². The lowest BCUT2D eigenvalue weighted by molar-refractivity contribution is -0.140. The molecular weight excluding hydrogens is 348 g/mol. The molecule has 28 heavy (non-hydrogen) atoms. The number of benzene rings is 2. The van der Waals surface area contributed by atoms with Crippen LogP contribution in [0.1, 0.15) is 49.4 Å². The first-order valence-corrected chi connectivity index (χ1v) is 9.98. The summed E-state index contributed by atoms with van der Waals surface area (Å²) in [7, 11) is 0. The van der Waals surface area contributed by atoms with Gasteiger partial charge in [0.05, 0.1) is 0 Å². The van der Waals surface area contributed by atoms with Crippen molar-refractivity contribution in [2.24, 2.45) is 0 Å². The van der Waals surface area contributed by atoms with Crippen molar-refractivity contribution in [3.05, 3.63) is 70.8 Å². The maximum absolute atomic E-state index is 13.1. The van der Waals surface area contributed by atoms with E-state index in [9.17, 15) is 9.59 Å². The molecule has 0 aliphatic carbocycles. The first-order chi connectivity index (χ1) is 13.3.